The number of ether oxygens (including phenoxy) is 1. The Kier molecular flexibility index (Phi) is 8.75. The van der Waals surface area contributed by atoms with Crippen molar-refractivity contribution >= 4 is 34.7 Å². The Balaban J connectivity index is 1.96. The van der Waals surface area contributed by atoms with Crippen molar-refractivity contribution < 1.29 is 18.4 Å². The zero-order chi connectivity index (χ0) is 23.2. The predicted octanol–water partition coefficient (Wildman–Crippen LogP) is 4.43. The quantitative estimate of drug-likeness (QED) is 0.176. The van der Waals surface area contributed by atoms with Gasteiger partial charge in [-0.2, -0.15) is 4.98 Å². The summed E-state index contributed by atoms with van der Waals surface area (Å²) < 4.78 is 31.9. The molecular weight excluding hydrogens is 457 g/mol. The summed E-state index contributed by atoms with van der Waals surface area (Å²) in [5, 5.41) is 14.8. The van der Waals surface area contributed by atoms with Gasteiger partial charge in [0.1, 0.15) is 16.6 Å². The third-order valence-corrected chi connectivity index (χ3v) is 5.19. The number of nitrogens with zero attached hydrogens (tertiary/aromatic N) is 4. The fourth-order valence-electron chi connectivity index (χ4n) is 3.06. The van der Waals surface area contributed by atoms with Crippen LogP contribution < -0.4 is 11.1 Å². The van der Waals surface area contributed by atoms with Gasteiger partial charge >= 0.3 is 5.70 Å². The third kappa shape index (κ3) is 7.73. The molecule has 31 heavy (non-hydrogen) atoms. The molecule has 0 aromatic carbocycles. The SMILES string of the molecule is CC(=NC1CCC(F)(F)CC1)/C(=C(\N)OCC[C@@H](C)Nc1nc(Cl)ncc1Cl)[N+](=O)[O-]. The van der Waals surface area contributed by atoms with Crippen molar-refractivity contribution in [2.45, 2.75) is 64.0 Å². The van der Waals surface area contributed by atoms with Crippen LogP contribution in [0.2, 0.25) is 10.3 Å². The number of nitrogens with two attached hydrogens (primary N) is 1. The lowest BCUT2D eigenvalue weighted by Crippen LogP contribution is -2.28. The van der Waals surface area contributed by atoms with Crippen molar-refractivity contribution in [3.05, 3.63) is 38.2 Å². The summed E-state index contributed by atoms with van der Waals surface area (Å²) in [4.78, 5) is 22.8. The molecule has 1 aliphatic carbocycles. The minimum atomic E-state index is -2.70. The Morgan fingerprint density at radius 1 is 1.48 bits per heavy atom. The number of alkyl halides is 2. The zero-order valence-corrected chi connectivity index (χ0v) is 18.6. The molecular formula is C18H24Cl2F2N6O3. The van der Waals surface area contributed by atoms with Crippen LogP contribution in [0, 0.1) is 10.1 Å². The lowest BCUT2D eigenvalue weighted by Gasteiger charge is -2.26. The fourth-order valence-corrected chi connectivity index (χ4v) is 3.33. The Morgan fingerprint density at radius 3 is 2.74 bits per heavy atom. The first-order chi connectivity index (χ1) is 14.5. The van der Waals surface area contributed by atoms with Gasteiger partial charge in [0.25, 0.3) is 5.88 Å². The van der Waals surface area contributed by atoms with Gasteiger partial charge in [-0.15, -0.1) is 0 Å². The van der Waals surface area contributed by atoms with Gasteiger partial charge < -0.3 is 15.8 Å². The Hall–Kier alpha value is -2.27. The highest BCUT2D eigenvalue weighted by Crippen LogP contribution is 2.34. The summed E-state index contributed by atoms with van der Waals surface area (Å²) in [5.41, 5.74) is 5.36. The molecule has 1 atom stereocenters. The first-order valence-corrected chi connectivity index (χ1v) is 10.4. The summed E-state index contributed by atoms with van der Waals surface area (Å²) in [6, 6.07) is -0.579. The fraction of sp³-hybridized carbons (Fsp3) is 0.611. The van der Waals surface area contributed by atoms with Crippen molar-refractivity contribution in [1.29, 1.82) is 0 Å². The van der Waals surface area contributed by atoms with E-state index in [0.717, 1.165) is 0 Å². The molecule has 1 saturated carbocycles. The van der Waals surface area contributed by atoms with Crippen molar-refractivity contribution in [2.75, 3.05) is 11.9 Å². The normalized spacial score (nSPS) is 18.8. The molecule has 0 bridgehead atoms. The molecule has 1 aliphatic rings. The van der Waals surface area contributed by atoms with E-state index in [4.69, 9.17) is 33.7 Å². The molecule has 1 fully saturated rings. The van der Waals surface area contributed by atoms with Gasteiger partial charge in [0, 0.05) is 25.3 Å². The van der Waals surface area contributed by atoms with Crippen LogP contribution in [0.5, 0.6) is 0 Å². The minimum Gasteiger partial charge on any atom is -0.474 e. The molecule has 1 aromatic rings. The second-order valence-electron chi connectivity index (χ2n) is 7.29. The molecule has 3 N–H and O–H groups in total. The van der Waals surface area contributed by atoms with Crippen LogP contribution >= 0.6 is 23.2 Å². The van der Waals surface area contributed by atoms with E-state index in [9.17, 15) is 18.9 Å². The third-order valence-electron chi connectivity index (χ3n) is 4.73. The molecule has 0 spiro atoms. The van der Waals surface area contributed by atoms with Crippen molar-refractivity contribution in [3.8, 4) is 0 Å². The summed E-state index contributed by atoms with van der Waals surface area (Å²) in [7, 11) is 0. The average molecular weight is 481 g/mol. The summed E-state index contributed by atoms with van der Waals surface area (Å²) in [5.74, 6) is -2.73. The maximum Gasteiger partial charge on any atom is 0.348 e. The minimum absolute atomic E-state index is 0.0367. The number of hydrogen-bond donors (Lipinski definition) is 2. The van der Waals surface area contributed by atoms with Crippen molar-refractivity contribution in [3.63, 3.8) is 0 Å². The van der Waals surface area contributed by atoms with Crippen LogP contribution in [0.4, 0.5) is 14.6 Å². The first-order valence-electron chi connectivity index (χ1n) is 9.62. The van der Waals surface area contributed by atoms with Crippen molar-refractivity contribution in [2.24, 2.45) is 10.7 Å². The molecule has 9 nitrogen and oxygen atoms in total. The number of nitro groups is 1. The number of aliphatic imine (C=N–C) groups is 1. The average Bonchev–Trinajstić information content (AvgIpc) is 2.66. The molecule has 0 amide bonds. The van der Waals surface area contributed by atoms with Crippen LogP contribution in [0.25, 0.3) is 0 Å². The summed E-state index contributed by atoms with van der Waals surface area (Å²) in [6.07, 6.45) is 1.53. The van der Waals surface area contributed by atoms with Crippen LogP contribution in [-0.4, -0.2) is 45.2 Å². The monoisotopic (exact) mass is 480 g/mol. The van der Waals surface area contributed by atoms with Gasteiger partial charge in [0.05, 0.1) is 23.8 Å². The van der Waals surface area contributed by atoms with Gasteiger partial charge in [-0.05, 0) is 38.3 Å². The number of allylic oxidation sites excluding steroid dienone is 1. The topological polar surface area (TPSA) is 129 Å². The lowest BCUT2D eigenvalue weighted by atomic mass is 9.92. The molecule has 1 heterocycles. The number of rotatable bonds is 9. The maximum absolute atomic E-state index is 13.3. The van der Waals surface area contributed by atoms with E-state index in [0.29, 0.717) is 17.3 Å². The number of anilines is 1. The highest BCUT2D eigenvalue weighted by molar-refractivity contribution is 6.33. The van der Waals surface area contributed by atoms with Gasteiger partial charge in [-0.1, -0.05) is 11.6 Å². The Labute approximate surface area is 188 Å². The van der Waals surface area contributed by atoms with Crippen LogP contribution in [0.3, 0.4) is 0 Å². The van der Waals surface area contributed by atoms with Crippen LogP contribution in [0.15, 0.2) is 22.8 Å². The summed E-state index contributed by atoms with van der Waals surface area (Å²) >= 11 is 11.7. The molecule has 0 unspecified atom stereocenters. The van der Waals surface area contributed by atoms with Crippen LogP contribution in [-0.2, 0) is 4.74 Å². The number of aromatic nitrogens is 2. The molecule has 1 aromatic heterocycles. The standard InChI is InChI=1S/C18H24Cl2F2N6O3/c1-10(25-16-13(19)9-24-17(20)27-16)5-8-31-15(23)14(28(29)30)11(2)26-12-3-6-18(21,22)7-4-12/h9-10,12H,3-8,23H2,1-2H3,(H,24,25,27)/b15-14-,26-11?/t10-/m1/s1. The molecule has 0 saturated heterocycles. The van der Waals surface area contributed by atoms with Gasteiger partial charge in [-0.3, -0.25) is 15.1 Å². The van der Waals surface area contributed by atoms with E-state index in [1.54, 1.807) is 0 Å². The first kappa shape index (κ1) is 25.0. The largest absolute Gasteiger partial charge is 0.474 e. The zero-order valence-electron chi connectivity index (χ0n) is 17.1. The number of hydrogen-bond acceptors (Lipinski definition) is 8. The second-order valence-corrected chi connectivity index (χ2v) is 8.03. The molecule has 172 valence electrons. The van der Waals surface area contributed by atoms with Gasteiger partial charge in [0.15, 0.2) is 0 Å². The molecule has 0 aliphatic heterocycles. The van der Waals surface area contributed by atoms with Gasteiger partial charge in [0.2, 0.25) is 11.2 Å². The van der Waals surface area contributed by atoms with Gasteiger partial charge in [-0.25, -0.2) is 13.8 Å². The molecule has 0 radical (unpaired) electrons. The van der Waals surface area contributed by atoms with E-state index in [2.05, 4.69) is 20.3 Å². The van der Waals surface area contributed by atoms with E-state index in [1.807, 2.05) is 6.92 Å². The summed E-state index contributed by atoms with van der Waals surface area (Å²) in [6.45, 7) is 3.32. The number of nitrogens with one attached hydrogen (secondary N) is 1. The predicted molar refractivity (Wildman–Crippen MR) is 114 cm³/mol. The van der Waals surface area contributed by atoms with E-state index >= 15 is 0 Å². The highest BCUT2D eigenvalue weighted by atomic mass is 35.5. The molecule has 13 heteroatoms. The lowest BCUT2D eigenvalue weighted by molar-refractivity contribution is -0.418. The molecule has 2 rings (SSSR count). The van der Waals surface area contributed by atoms with E-state index in [-0.39, 0.29) is 55.2 Å². The number of halogens is 4. The van der Waals surface area contributed by atoms with Crippen molar-refractivity contribution in [1.82, 2.24) is 9.97 Å². The smallest absolute Gasteiger partial charge is 0.348 e. The maximum atomic E-state index is 13.3. The Morgan fingerprint density at radius 2 is 2.13 bits per heavy atom. The second kappa shape index (κ2) is 10.9. The van der Waals surface area contributed by atoms with E-state index < -0.39 is 22.6 Å². The van der Waals surface area contributed by atoms with Crippen LogP contribution in [0.1, 0.15) is 46.0 Å². The Bertz CT molecular complexity index is 859. The van der Waals surface area contributed by atoms with E-state index in [1.165, 1.54) is 13.1 Å². The highest BCUT2D eigenvalue weighted by Gasteiger charge is 2.35.